The van der Waals surface area contributed by atoms with E-state index in [2.05, 4.69) is 34.5 Å². The predicted octanol–water partition coefficient (Wildman–Crippen LogP) is 2.92. The molecule has 26 heavy (non-hydrogen) atoms. The van der Waals surface area contributed by atoms with Crippen molar-refractivity contribution in [2.24, 2.45) is 0 Å². The summed E-state index contributed by atoms with van der Waals surface area (Å²) in [5.74, 6) is 0.621. The third kappa shape index (κ3) is 4.76. The number of amides is 1. The lowest BCUT2D eigenvalue weighted by molar-refractivity contribution is -0.127. The van der Waals surface area contributed by atoms with Gasteiger partial charge < -0.3 is 19.7 Å². The number of carbonyl (C=O) groups is 1. The highest BCUT2D eigenvalue weighted by Gasteiger charge is 2.15. The van der Waals surface area contributed by atoms with Gasteiger partial charge in [-0.2, -0.15) is 0 Å². The first-order valence-corrected chi connectivity index (χ1v) is 9.05. The highest BCUT2D eigenvalue weighted by atomic mass is 16.5. The van der Waals surface area contributed by atoms with Crippen LogP contribution in [-0.2, 0) is 16.1 Å². The van der Waals surface area contributed by atoms with Gasteiger partial charge in [-0.25, -0.2) is 0 Å². The Morgan fingerprint density at radius 3 is 2.54 bits per heavy atom. The number of para-hydroxylation sites is 1. The summed E-state index contributed by atoms with van der Waals surface area (Å²) in [5.41, 5.74) is 3.28. The van der Waals surface area contributed by atoms with Crippen LogP contribution in [0.1, 0.15) is 18.1 Å². The topological polar surface area (TPSA) is 50.8 Å². The summed E-state index contributed by atoms with van der Waals surface area (Å²) in [6.07, 6.45) is -0.538. The summed E-state index contributed by atoms with van der Waals surface area (Å²) in [6, 6.07) is 16.0. The number of aryl methyl sites for hydroxylation is 1. The quantitative estimate of drug-likeness (QED) is 0.867. The SMILES string of the molecule is Cc1ccccc1OC(C)C(=O)NCc1ccc(N2CCOCC2)cc1. The highest BCUT2D eigenvalue weighted by Crippen LogP contribution is 2.18. The van der Waals surface area contributed by atoms with Crippen molar-refractivity contribution < 1.29 is 14.3 Å². The second-order valence-corrected chi connectivity index (χ2v) is 6.51. The lowest BCUT2D eigenvalue weighted by Crippen LogP contribution is -2.36. The summed E-state index contributed by atoms with van der Waals surface area (Å²) in [4.78, 5) is 14.6. The van der Waals surface area contributed by atoms with Crippen LogP contribution < -0.4 is 15.0 Å². The van der Waals surface area contributed by atoms with Gasteiger partial charge in [0.15, 0.2) is 6.10 Å². The van der Waals surface area contributed by atoms with Crippen LogP contribution in [0.15, 0.2) is 48.5 Å². The van der Waals surface area contributed by atoms with Crippen molar-refractivity contribution in [1.82, 2.24) is 5.32 Å². The second kappa shape index (κ2) is 8.72. The van der Waals surface area contributed by atoms with Crippen molar-refractivity contribution in [2.45, 2.75) is 26.5 Å². The molecule has 1 amide bonds. The molecule has 1 saturated heterocycles. The zero-order valence-electron chi connectivity index (χ0n) is 15.4. The Morgan fingerprint density at radius 2 is 1.85 bits per heavy atom. The molecule has 138 valence electrons. The molecule has 1 N–H and O–H groups in total. The number of ether oxygens (including phenoxy) is 2. The predicted molar refractivity (Wildman–Crippen MR) is 103 cm³/mol. The van der Waals surface area contributed by atoms with Crippen molar-refractivity contribution in [2.75, 3.05) is 31.2 Å². The molecule has 1 aliphatic heterocycles. The molecular formula is C21H26N2O3. The maximum absolute atomic E-state index is 12.3. The first-order chi connectivity index (χ1) is 12.6. The van der Waals surface area contributed by atoms with Crippen LogP contribution in [0.3, 0.4) is 0 Å². The number of morpholine rings is 1. The molecule has 0 bridgehead atoms. The van der Waals surface area contributed by atoms with Gasteiger partial charge in [0.05, 0.1) is 13.2 Å². The van der Waals surface area contributed by atoms with E-state index in [1.807, 2.05) is 31.2 Å². The van der Waals surface area contributed by atoms with Crippen LogP contribution >= 0.6 is 0 Å². The summed E-state index contributed by atoms with van der Waals surface area (Å²) in [5, 5.41) is 2.94. The average Bonchev–Trinajstić information content (AvgIpc) is 2.69. The van der Waals surface area contributed by atoms with Crippen LogP contribution in [0.4, 0.5) is 5.69 Å². The van der Waals surface area contributed by atoms with E-state index in [1.54, 1.807) is 6.92 Å². The molecule has 0 saturated carbocycles. The Morgan fingerprint density at radius 1 is 1.15 bits per heavy atom. The van der Waals surface area contributed by atoms with E-state index in [4.69, 9.17) is 9.47 Å². The van der Waals surface area contributed by atoms with Gasteiger partial charge >= 0.3 is 0 Å². The fourth-order valence-corrected chi connectivity index (χ4v) is 2.91. The Bertz CT molecular complexity index is 724. The van der Waals surface area contributed by atoms with E-state index in [9.17, 15) is 4.79 Å². The Kier molecular flexibility index (Phi) is 6.12. The molecule has 1 fully saturated rings. The molecular weight excluding hydrogens is 328 g/mol. The maximum atomic E-state index is 12.3. The molecule has 1 atom stereocenters. The van der Waals surface area contributed by atoms with Crippen molar-refractivity contribution in [3.8, 4) is 5.75 Å². The van der Waals surface area contributed by atoms with Gasteiger partial charge in [-0.15, -0.1) is 0 Å². The number of hydrogen-bond donors (Lipinski definition) is 1. The molecule has 2 aromatic carbocycles. The van der Waals surface area contributed by atoms with Crippen molar-refractivity contribution in [3.63, 3.8) is 0 Å². The molecule has 5 heteroatoms. The Balaban J connectivity index is 1.50. The van der Waals surface area contributed by atoms with E-state index in [0.29, 0.717) is 6.54 Å². The molecule has 1 heterocycles. The summed E-state index contributed by atoms with van der Waals surface area (Å²) in [7, 11) is 0. The molecule has 0 spiro atoms. The minimum Gasteiger partial charge on any atom is -0.481 e. The largest absolute Gasteiger partial charge is 0.481 e. The van der Waals surface area contributed by atoms with Crippen molar-refractivity contribution >= 4 is 11.6 Å². The number of nitrogens with one attached hydrogen (secondary N) is 1. The van der Waals surface area contributed by atoms with E-state index in [1.165, 1.54) is 5.69 Å². The van der Waals surface area contributed by atoms with Crippen LogP contribution in [0.2, 0.25) is 0 Å². The lowest BCUT2D eigenvalue weighted by atomic mass is 10.2. The second-order valence-electron chi connectivity index (χ2n) is 6.51. The fourth-order valence-electron chi connectivity index (χ4n) is 2.91. The molecule has 0 aliphatic carbocycles. The van der Waals surface area contributed by atoms with Gasteiger partial charge in [-0.05, 0) is 43.2 Å². The molecule has 3 rings (SSSR count). The number of anilines is 1. The van der Waals surface area contributed by atoms with Gasteiger partial charge in [0, 0.05) is 25.3 Å². The summed E-state index contributed by atoms with van der Waals surface area (Å²) in [6.45, 7) is 7.61. The average molecular weight is 354 g/mol. The van der Waals surface area contributed by atoms with Crippen molar-refractivity contribution in [3.05, 3.63) is 59.7 Å². The normalized spacial score (nSPS) is 15.4. The zero-order valence-corrected chi connectivity index (χ0v) is 15.4. The summed E-state index contributed by atoms with van der Waals surface area (Å²) < 4.78 is 11.1. The molecule has 5 nitrogen and oxygen atoms in total. The number of hydrogen-bond acceptors (Lipinski definition) is 4. The van der Waals surface area contributed by atoms with Gasteiger partial charge in [0.25, 0.3) is 5.91 Å². The minimum atomic E-state index is -0.538. The fraction of sp³-hybridized carbons (Fsp3) is 0.381. The van der Waals surface area contributed by atoms with E-state index < -0.39 is 6.10 Å². The molecule has 0 radical (unpaired) electrons. The van der Waals surface area contributed by atoms with E-state index in [-0.39, 0.29) is 5.91 Å². The number of carbonyl (C=O) groups excluding carboxylic acids is 1. The Hall–Kier alpha value is -2.53. The third-order valence-electron chi connectivity index (χ3n) is 4.55. The summed E-state index contributed by atoms with van der Waals surface area (Å²) >= 11 is 0. The number of benzene rings is 2. The minimum absolute atomic E-state index is 0.120. The number of rotatable bonds is 6. The third-order valence-corrected chi connectivity index (χ3v) is 4.55. The molecule has 2 aromatic rings. The highest BCUT2D eigenvalue weighted by molar-refractivity contribution is 5.80. The molecule has 0 aromatic heterocycles. The Labute approximate surface area is 154 Å². The van der Waals surface area contributed by atoms with E-state index >= 15 is 0 Å². The lowest BCUT2D eigenvalue weighted by Gasteiger charge is -2.28. The molecule has 1 unspecified atom stereocenters. The van der Waals surface area contributed by atoms with Crippen LogP contribution in [-0.4, -0.2) is 38.3 Å². The van der Waals surface area contributed by atoms with Crippen LogP contribution in [0.5, 0.6) is 5.75 Å². The first kappa shape index (κ1) is 18.3. The van der Waals surface area contributed by atoms with Crippen LogP contribution in [0, 0.1) is 6.92 Å². The monoisotopic (exact) mass is 354 g/mol. The van der Waals surface area contributed by atoms with Crippen molar-refractivity contribution in [1.29, 1.82) is 0 Å². The zero-order chi connectivity index (χ0) is 18.4. The number of nitrogens with zero attached hydrogens (tertiary/aromatic N) is 1. The standard InChI is InChI=1S/C21H26N2O3/c1-16-5-3-4-6-20(16)26-17(2)21(24)22-15-18-7-9-19(10-8-18)23-11-13-25-14-12-23/h3-10,17H,11-15H2,1-2H3,(H,22,24). The van der Waals surface area contributed by atoms with Gasteiger partial charge in [0.2, 0.25) is 0 Å². The van der Waals surface area contributed by atoms with Crippen LogP contribution in [0.25, 0.3) is 0 Å². The molecule has 1 aliphatic rings. The van der Waals surface area contributed by atoms with Gasteiger partial charge in [0.1, 0.15) is 5.75 Å². The smallest absolute Gasteiger partial charge is 0.261 e. The van der Waals surface area contributed by atoms with Gasteiger partial charge in [-0.3, -0.25) is 4.79 Å². The van der Waals surface area contributed by atoms with Gasteiger partial charge in [-0.1, -0.05) is 30.3 Å². The first-order valence-electron chi connectivity index (χ1n) is 9.05. The maximum Gasteiger partial charge on any atom is 0.261 e. The van der Waals surface area contributed by atoms with E-state index in [0.717, 1.165) is 43.2 Å².